The van der Waals surface area contributed by atoms with E-state index in [2.05, 4.69) is 0 Å². The zero-order chi connectivity index (χ0) is 18.8. The van der Waals surface area contributed by atoms with Crippen LogP contribution in [0.4, 0.5) is 5.69 Å². The number of para-hydroxylation sites is 3. The van der Waals surface area contributed by atoms with Crippen LogP contribution < -0.4 is 5.56 Å². The van der Waals surface area contributed by atoms with Crippen LogP contribution in [0, 0.1) is 0 Å². The first-order valence-electron chi connectivity index (χ1n) is 9.08. The molecule has 1 aliphatic heterocycles. The molecule has 4 nitrogen and oxygen atoms in total. The fourth-order valence-electron chi connectivity index (χ4n) is 3.25. The molecule has 5 rings (SSSR count). The Kier molecular flexibility index (Phi) is 4.38. The van der Waals surface area contributed by atoms with Gasteiger partial charge in [-0.1, -0.05) is 62.4 Å². The van der Waals surface area contributed by atoms with Crippen LogP contribution >= 0.6 is 0 Å². The molecule has 1 aliphatic rings. The van der Waals surface area contributed by atoms with Gasteiger partial charge < -0.3 is 0 Å². The van der Waals surface area contributed by atoms with Crippen molar-refractivity contribution in [3.8, 4) is 5.69 Å². The van der Waals surface area contributed by atoms with Gasteiger partial charge in [-0.05, 0) is 30.3 Å². The Balaban J connectivity index is 0.000000872. The summed E-state index contributed by atoms with van der Waals surface area (Å²) in [4.78, 5) is 22.6. The monoisotopic (exact) mass is 353 g/mol. The van der Waals surface area contributed by atoms with E-state index < -0.39 is 0 Å². The van der Waals surface area contributed by atoms with Gasteiger partial charge in [0.2, 0.25) is 0 Å². The fourth-order valence-corrected chi connectivity index (χ4v) is 3.25. The molecule has 0 fully saturated rings. The lowest BCUT2D eigenvalue weighted by molar-refractivity contribution is 0.967. The highest BCUT2D eigenvalue weighted by Crippen LogP contribution is 2.28. The zero-order valence-corrected chi connectivity index (χ0v) is 15.3. The number of hydrogen-bond donors (Lipinski definition) is 0. The molecule has 0 radical (unpaired) electrons. The van der Waals surface area contributed by atoms with Gasteiger partial charge in [0, 0.05) is 5.56 Å². The summed E-state index contributed by atoms with van der Waals surface area (Å²) in [7, 11) is 0. The Morgan fingerprint density at radius 3 is 2.30 bits per heavy atom. The van der Waals surface area contributed by atoms with Gasteiger partial charge in [0.05, 0.1) is 22.3 Å². The topological polar surface area (TPSA) is 47.2 Å². The second-order valence-electron chi connectivity index (χ2n) is 5.91. The Hall–Kier alpha value is -3.53. The molecular weight excluding hydrogens is 334 g/mol. The van der Waals surface area contributed by atoms with E-state index in [0.717, 1.165) is 22.6 Å². The number of nitrogens with zero attached hydrogens (tertiary/aromatic N) is 3. The lowest BCUT2D eigenvalue weighted by atomic mass is 10.1. The van der Waals surface area contributed by atoms with Crippen LogP contribution in [0.25, 0.3) is 16.6 Å². The number of aliphatic imine (C=N–C) groups is 1. The molecular formula is C23H19N3O. The molecule has 4 aromatic rings. The van der Waals surface area contributed by atoms with E-state index in [4.69, 9.17) is 9.98 Å². The van der Waals surface area contributed by atoms with Crippen LogP contribution in [0.2, 0.25) is 0 Å². The van der Waals surface area contributed by atoms with Gasteiger partial charge in [0.25, 0.3) is 5.56 Å². The number of aromatic nitrogens is 2. The van der Waals surface area contributed by atoms with Crippen molar-refractivity contribution in [3.05, 3.63) is 101 Å². The first kappa shape index (κ1) is 16.9. The molecule has 132 valence electrons. The van der Waals surface area contributed by atoms with E-state index in [1.165, 1.54) is 0 Å². The molecule has 3 aromatic carbocycles. The van der Waals surface area contributed by atoms with Gasteiger partial charge in [0.15, 0.2) is 5.82 Å². The Morgan fingerprint density at radius 1 is 0.815 bits per heavy atom. The van der Waals surface area contributed by atoms with Gasteiger partial charge in [-0.15, -0.1) is 0 Å². The molecule has 0 spiro atoms. The Labute approximate surface area is 157 Å². The summed E-state index contributed by atoms with van der Waals surface area (Å²) in [5.74, 6) is 0.591. The number of hydrogen-bond acceptors (Lipinski definition) is 3. The van der Waals surface area contributed by atoms with Crippen LogP contribution in [-0.2, 0) is 0 Å². The summed E-state index contributed by atoms with van der Waals surface area (Å²) < 4.78 is 1.67. The van der Waals surface area contributed by atoms with Crippen molar-refractivity contribution in [2.45, 2.75) is 13.8 Å². The van der Waals surface area contributed by atoms with Crippen LogP contribution in [0.1, 0.15) is 25.2 Å². The number of fused-ring (bicyclic) bond motifs is 4. The summed E-state index contributed by atoms with van der Waals surface area (Å²) in [5, 5.41) is 0.613. The minimum atomic E-state index is -0.0636. The van der Waals surface area contributed by atoms with Crippen molar-refractivity contribution < 1.29 is 0 Å². The van der Waals surface area contributed by atoms with Gasteiger partial charge in [0.1, 0.15) is 5.71 Å². The smallest absolute Gasteiger partial charge is 0.266 e. The Bertz CT molecular complexity index is 1210. The normalized spacial score (nSPS) is 13.0. The average molecular weight is 353 g/mol. The first-order chi connectivity index (χ1) is 13.3. The van der Waals surface area contributed by atoms with Crippen molar-refractivity contribution in [2.75, 3.05) is 0 Å². The summed E-state index contributed by atoms with van der Waals surface area (Å²) >= 11 is 0. The van der Waals surface area contributed by atoms with Gasteiger partial charge >= 0.3 is 0 Å². The van der Waals surface area contributed by atoms with Crippen LogP contribution in [0.15, 0.2) is 88.6 Å². The minimum absolute atomic E-state index is 0.0636. The van der Waals surface area contributed by atoms with Crippen LogP contribution in [0.3, 0.4) is 0 Å². The van der Waals surface area contributed by atoms with Crippen molar-refractivity contribution in [2.24, 2.45) is 4.99 Å². The standard InChI is InChI=1S/C21H13N3O.C2H6/c25-21-15-10-4-6-12-17(15)23-20-19(22-14-8-2-1-3-9-14)16-11-5-7-13-18(16)24(20)21;1-2/h1-13H;1-2H3. The van der Waals surface area contributed by atoms with E-state index >= 15 is 0 Å². The molecule has 0 saturated carbocycles. The average Bonchev–Trinajstić information content (AvgIpc) is 3.04. The highest BCUT2D eigenvalue weighted by atomic mass is 16.1. The molecule has 0 aliphatic carbocycles. The first-order valence-corrected chi connectivity index (χ1v) is 9.08. The molecule has 0 bridgehead atoms. The van der Waals surface area contributed by atoms with Gasteiger partial charge in [-0.3, -0.25) is 9.36 Å². The summed E-state index contributed by atoms with van der Waals surface area (Å²) in [6.07, 6.45) is 0. The van der Waals surface area contributed by atoms with Gasteiger partial charge in [-0.25, -0.2) is 9.98 Å². The minimum Gasteiger partial charge on any atom is -0.268 e. The number of benzene rings is 3. The molecule has 2 heterocycles. The van der Waals surface area contributed by atoms with E-state index in [0.29, 0.717) is 16.7 Å². The molecule has 1 aromatic heterocycles. The van der Waals surface area contributed by atoms with E-state index in [-0.39, 0.29) is 5.56 Å². The second kappa shape index (κ2) is 7.00. The molecule has 0 saturated heterocycles. The maximum atomic E-state index is 13.0. The predicted octanol–water partition coefficient (Wildman–Crippen LogP) is 4.89. The molecule has 4 heteroatoms. The third-order valence-electron chi connectivity index (χ3n) is 4.38. The van der Waals surface area contributed by atoms with Crippen LogP contribution in [-0.4, -0.2) is 15.3 Å². The summed E-state index contributed by atoms with van der Waals surface area (Å²) in [6.45, 7) is 4.00. The number of rotatable bonds is 1. The zero-order valence-electron chi connectivity index (χ0n) is 15.3. The third-order valence-corrected chi connectivity index (χ3v) is 4.38. The molecule has 0 N–H and O–H groups in total. The van der Waals surface area contributed by atoms with Crippen molar-refractivity contribution in [1.29, 1.82) is 0 Å². The van der Waals surface area contributed by atoms with E-state index in [9.17, 15) is 4.79 Å². The maximum Gasteiger partial charge on any atom is 0.266 e. The largest absolute Gasteiger partial charge is 0.268 e. The van der Waals surface area contributed by atoms with E-state index in [1.54, 1.807) is 4.57 Å². The Morgan fingerprint density at radius 2 is 1.48 bits per heavy atom. The van der Waals surface area contributed by atoms with Crippen molar-refractivity contribution >= 4 is 22.3 Å². The molecule has 0 atom stereocenters. The van der Waals surface area contributed by atoms with E-state index in [1.807, 2.05) is 92.7 Å². The highest BCUT2D eigenvalue weighted by molar-refractivity contribution is 6.17. The highest BCUT2D eigenvalue weighted by Gasteiger charge is 2.28. The third kappa shape index (κ3) is 2.75. The summed E-state index contributed by atoms with van der Waals surface area (Å²) in [5.41, 5.74) is 3.94. The second-order valence-corrected chi connectivity index (χ2v) is 5.91. The van der Waals surface area contributed by atoms with Gasteiger partial charge in [-0.2, -0.15) is 0 Å². The SMILES string of the molecule is CC.O=c1c2ccccc2nc2n1-c1ccccc1C2=Nc1ccccc1. The van der Waals surface area contributed by atoms with Crippen LogP contribution in [0.5, 0.6) is 0 Å². The predicted molar refractivity (Wildman–Crippen MR) is 110 cm³/mol. The van der Waals surface area contributed by atoms with Crippen molar-refractivity contribution in [1.82, 2.24) is 9.55 Å². The maximum absolute atomic E-state index is 13.0. The fraction of sp³-hybridized carbons (Fsp3) is 0.0870. The summed E-state index contributed by atoms with van der Waals surface area (Å²) in [6, 6.07) is 25.0. The lowest BCUT2D eigenvalue weighted by Gasteiger charge is -2.05. The lowest BCUT2D eigenvalue weighted by Crippen LogP contribution is -2.21. The molecule has 0 unspecified atom stereocenters. The molecule has 27 heavy (non-hydrogen) atoms. The molecule has 0 amide bonds. The van der Waals surface area contributed by atoms with Crippen molar-refractivity contribution in [3.63, 3.8) is 0 Å². The quantitative estimate of drug-likeness (QED) is 0.430.